The number of ether oxygens (including phenoxy) is 2. The maximum Gasteiger partial charge on any atom is 0.341 e. The number of hydrogen-bond donors (Lipinski definition) is 1. The summed E-state index contributed by atoms with van der Waals surface area (Å²) in [6.45, 7) is 0.416. The van der Waals surface area contributed by atoms with E-state index in [0.717, 1.165) is 5.69 Å². The molecule has 1 N–H and O–H groups in total. The number of methoxy groups -OCH3 is 2. The van der Waals surface area contributed by atoms with Crippen LogP contribution in [0.2, 0.25) is 0 Å². The van der Waals surface area contributed by atoms with Crippen molar-refractivity contribution in [2.24, 2.45) is 0 Å². The van der Waals surface area contributed by atoms with Crippen molar-refractivity contribution in [1.82, 2.24) is 4.98 Å². The minimum Gasteiger partial charge on any atom is -0.480 e. The van der Waals surface area contributed by atoms with Crippen molar-refractivity contribution in [2.45, 2.75) is 6.54 Å². The summed E-state index contributed by atoms with van der Waals surface area (Å²) in [5.41, 5.74) is 1.14. The Morgan fingerprint density at radius 1 is 1.47 bits per heavy atom. The van der Waals surface area contributed by atoms with Crippen molar-refractivity contribution in [3.05, 3.63) is 42.0 Å². The molecule has 0 saturated heterocycles. The molecule has 6 heteroatoms. The topological polar surface area (TPSA) is 73.6 Å². The molecule has 0 amide bonds. The lowest BCUT2D eigenvalue weighted by Crippen LogP contribution is -2.02. The van der Waals surface area contributed by atoms with Gasteiger partial charge in [-0.2, -0.15) is 0 Å². The highest BCUT2D eigenvalue weighted by atomic mass is 16.5. The average molecular weight is 262 g/mol. The highest BCUT2D eigenvalue weighted by Gasteiger charge is 2.10. The summed E-state index contributed by atoms with van der Waals surface area (Å²) in [4.78, 5) is 15.3. The second-order valence-electron chi connectivity index (χ2n) is 3.71. The predicted molar refractivity (Wildman–Crippen MR) is 68.2 cm³/mol. The van der Waals surface area contributed by atoms with Gasteiger partial charge in [-0.1, -0.05) is 0 Å². The van der Waals surface area contributed by atoms with E-state index in [1.807, 2.05) is 6.07 Å². The van der Waals surface area contributed by atoms with Crippen molar-refractivity contribution in [1.29, 1.82) is 0 Å². The third-order valence-corrected chi connectivity index (χ3v) is 2.49. The van der Waals surface area contributed by atoms with Gasteiger partial charge >= 0.3 is 5.97 Å². The van der Waals surface area contributed by atoms with Gasteiger partial charge in [0.25, 0.3) is 0 Å². The Balaban J connectivity index is 2.02. The molecule has 0 radical (unpaired) electrons. The van der Waals surface area contributed by atoms with Crippen LogP contribution in [0, 0.1) is 0 Å². The van der Waals surface area contributed by atoms with E-state index in [-0.39, 0.29) is 0 Å². The van der Waals surface area contributed by atoms with E-state index in [2.05, 4.69) is 15.0 Å². The van der Waals surface area contributed by atoms with Crippen molar-refractivity contribution < 1.29 is 18.7 Å². The van der Waals surface area contributed by atoms with E-state index in [1.165, 1.54) is 13.4 Å². The van der Waals surface area contributed by atoms with Crippen molar-refractivity contribution in [2.75, 3.05) is 19.5 Å². The fourth-order valence-electron chi connectivity index (χ4n) is 1.57. The molecular weight excluding hydrogens is 248 g/mol. The van der Waals surface area contributed by atoms with Gasteiger partial charge in [0.15, 0.2) is 0 Å². The minimum atomic E-state index is -0.422. The van der Waals surface area contributed by atoms with E-state index < -0.39 is 5.97 Å². The Morgan fingerprint density at radius 2 is 2.32 bits per heavy atom. The Hall–Kier alpha value is -2.50. The summed E-state index contributed by atoms with van der Waals surface area (Å²) < 4.78 is 15.0. The molecule has 0 saturated carbocycles. The summed E-state index contributed by atoms with van der Waals surface area (Å²) in [6.07, 6.45) is 3.01. The number of esters is 1. The highest BCUT2D eigenvalue weighted by Crippen LogP contribution is 2.21. The van der Waals surface area contributed by atoms with Crippen LogP contribution in [0.25, 0.3) is 0 Å². The van der Waals surface area contributed by atoms with Crippen LogP contribution in [0.1, 0.15) is 16.1 Å². The third-order valence-electron chi connectivity index (χ3n) is 2.49. The van der Waals surface area contributed by atoms with Gasteiger partial charge in [-0.25, -0.2) is 9.78 Å². The molecule has 0 spiro atoms. The number of carbonyl (C=O) groups is 1. The number of pyridine rings is 1. The Morgan fingerprint density at radius 3 is 3.05 bits per heavy atom. The van der Waals surface area contributed by atoms with Crippen LogP contribution < -0.4 is 10.1 Å². The molecule has 2 heterocycles. The molecule has 0 aliphatic rings. The molecule has 0 aliphatic heterocycles. The van der Waals surface area contributed by atoms with Crippen molar-refractivity contribution in [3.8, 4) is 5.88 Å². The second kappa shape index (κ2) is 5.90. The van der Waals surface area contributed by atoms with Crippen LogP contribution in [0.3, 0.4) is 0 Å². The first kappa shape index (κ1) is 12.9. The zero-order valence-electron chi connectivity index (χ0n) is 10.7. The quantitative estimate of drug-likeness (QED) is 0.832. The molecule has 0 aromatic carbocycles. The van der Waals surface area contributed by atoms with Crippen LogP contribution >= 0.6 is 0 Å². The van der Waals surface area contributed by atoms with Crippen LogP contribution in [-0.2, 0) is 11.3 Å². The molecule has 2 aromatic rings. The first-order valence-corrected chi connectivity index (χ1v) is 5.63. The van der Waals surface area contributed by atoms with Crippen molar-refractivity contribution >= 4 is 11.7 Å². The number of furan rings is 1. The molecular formula is C13H14N2O4. The number of hydrogen-bond acceptors (Lipinski definition) is 6. The third kappa shape index (κ3) is 3.04. The number of nitrogens with zero attached hydrogens (tertiary/aromatic N) is 1. The molecule has 19 heavy (non-hydrogen) atoms. The largest absolute Gasteiger partial charge is 0.480 e. The van der Waals surface area contributed by atoms with Gasteiger partial charge < -0.3 is 19.2 Å². The fourth-order valence-corrected chi connectivity index (χ4v) is 1.57. The molecule has 0 atom stereocenters. The van der Waals surface area contributed by atoms with Gasteiger partial charge in [-0.3, -0.25) is 0 Å². The lowest BCUT2D eigenvalue weighted by atomic mass is 10.3. The SMILES string of the molecule is COC(=O)c1coc(CNc2cccnc2OC)c1. The zero-order valence-corrected chi connectivity index (χ0v) is 10.7. The van der Waals surface area contributed by atoms with Gasteiger partial charge in [0, 0.05) is 6.20 Å². The van der Waals surface area contributed by atoms with E-state index >= 15 is 0 Å². The molecule has 0 fully saturated rings. The number of aromatic nitrogens is 1. The van der Waals surface area contributed by atoms with Gasteiger partial charge in [-0.15, -0.1) is 0 Å². The average Bonchev–Trinajstić information content (AvgIpc) is 2.93. The summed E-state index contributed by atoms with van der Waals surface area (Å²) in [5.74, 6) is 0.697. The van der Waals surface area contributed by atoms with Gasteiger partial charge in [0.05, 0.1) is 32.0 Å². The summed E-state index contributed by atoms with van der Waals surface area (Å²) in [7, 11) is 2.88. The first-order chi connectivity index (χ1) is 9.24. The Kier molecular flexibility index (Phi) is 4.02. The standard InChI is InChI=1S/C13H14N2O4/c1-17-12-11(4-3-5-14-12)15-7-10-6-9(8-19-10)13(16)18-2/h3-6,8,15H,7H2,1-2H3. The van der Waals surface area contributed by atoms with Crippen LogP contribution in [0.15, 0.2) is 35.1 Å². The normalized spacial score (nSPS) is 10.0. The van der Waals surface area contributed by atoms with Crippen LogP contribution in [0.5, 0.6) is 5.88 Å². The van der Waals surface area contributed by atoms with E-state index in [1.54, 1.807) is 25.4 Å². The van der Waals surface area contributed by atoms with Gasteiger partial charge in [0.2, 0.25) is 5.88 Å². The molecule has 0 bridgehead atoms. The first-order valence-electron chi connectivity index (χ1n) is 5.63. The summed E-state index contributed by atoms with van der Waals surface area (Å²) in [6, 6.07) is 5.27. The minimum absolute atomic E-state index is 0.387. The molecule has 100 valence electrons. The highest BCUT2D eigenvalue weighted by molar-refractivity contribution is 5.89. The molecule has 2 rings (SSSR count). The summed E-state index contributed by atoms with van der Waals surface area (Å²) >= 11 is 0. The number of carbonyl (C=O) groups excluding carboxylic acids is 1. The van der Waals surface area contributed by atoms with Crippen molar-refractivity contribution in [3.63, 3.8) is 0 Å². The molecule has 0 unspecified atom stereocenters. The molecule has 6 nitrogen and oxygen atoms in total. The Bertz CT molecular complexity index is 565. The number of anilines is 1. The Labute approximate surface area is 110 Å². The zero-order chi connectivity index (χ0) is 13.7. The number of rotatable bonds is 5. The lowest BCUT2D eigenvalue weighted by Gasteiger charge is -2.07. The van der Waals surface area contributed by atoms with E-state index in [9.17, 15) is 4.79 Å². The van der Waals surface area contributed by atoms with Gasteiger partial charge in [0.1, 0.15) is 12.0 Å². The molecule has 0 aliphatic carbocycles. The molecule has 2 aromatic heterocycles. The monoisotopic (exact) mass is 262 g/mol. The van der Waals surface area contributed by atoms with Crippen LogP contribution in [-0.4, -0.2) is 25.2 Å². The maximum absolute atomic E-state index is 11.3. The second-order valence-corrected chi connectivity index (χ2v) is 3.71. The van der Waals surface area contributed by atoms with E-state index in [4.69, 9.17) is 9.15 Å². The number of nitrogens with one attached hydrogen (secondary N) is 1. The van der Waals surface area contributed by atoms with E-state index in [0.29, 0.717) is 23.7 Å². The van der Waals surface area contributed by atoms with Crippen LogP contribution in [0.4, 0.5) is 5.69 Å². The maximum atomic E-state index is 11.3. The predicted octanol–water partition coefficient (Wildman–Crippen LogP) is 2.08. The summed E-state index contributed by atoms with van der Waals surface area (Å²) in [5, 5.41) is 3.12. The lowest BCUT2D eigenvalue weighted by molar-refractivity contribution is 0.0600. The van der Waals surface area contributed by atoms with Gasteiger partial charge in [-0.05, 0) is 18.2 Å². The smallest absolute Gasteiger partial charge is 0.341 e. The fraction of sp³-hybridized carbons (Fsp3) is 0.231.